The van der Waals surface area contributed by atoms with Crippen LogP contribution in [0.1, 0.15) is 0 Å². The topological polar surface area (TPSA) is 35.6 Å². The van der Waals surface area contributed by atoms with Crippen molar-refractivity contribution in [3.05, 3.63) is 206 Å². The predicted octanol–water partition coefficient (Wildman–Crippen LogP) is 14.0. The minimum atomic E-state index is 0.712. The number of rotatable bonds is 5. The first-order chi connectivity index (χ1) is 28.8. The summed E-state index contributed by atoms with van der Waals surface area (Å²) in [6.07, 6.45) is 0. The highest BCUT2D eigenvalue weighted by molar-refractivity contribution is 6.18. The molecule has 4 heteroatoms. The number of hydrogen-bond donors (Lipinski definition) is 0. The zero-order valence-corrected chi connectivity index (χ0v) is 31.4. The molecule has 0 atom stereocenters. The summed E-state index contributed by atoms with van der Waals surface area (Å²) in [6, 6.07) is 73.9. The van der Waals surface area contributed by atoms with Gasteiger partial charge in [-0.2, -0.15) is 0 Å². The summed E-state index contributed by atoms with van der Waals surface area (Å²) < 4.78 is 4.84. The zero-order valence-electron chi connectivity index (χ0n) is 31.4. The van der Waals surface area contributed by atoms with Crippen LogP contribution in [0.3, 0.4) is 0 Å². The quantitative estimate of drug-likeness (QED) is 0.176. The molecule has 0 saturated carbocycles. The molecule has 12 rings (SSSR count). The summed E-state index contributed by atoms with van der Waals surface area (Å²) in [5.41, 5.74) is 13.3. The lowest BCUT2D eigenvalue weighted by molar-refractivity contribution is 1.17. The average molecular weight is 739 g/mol. The molecule has 0 spiro atoms. The van der Waals surface area contributed by atoms with Crippen LogP contribution in [0.2, 0.25) is 0 Å². The maximum absolute atomic E-state index is 5.14. The number of hydrogen-bond acceptors (Lipinski definition) is 2. The Morgan fingerprint density at radius 2 is 0.966 bits per heavy atom. The van der Waals surface area contributed by atoms with Crippen LogP contribution in [-0.2, 0) is 0 Å². The number of fused-ring (bicyclic) bond motifs is 8. The predicted molar refractivity (Wildman–Crippen MR) is 242 cm³/mol. The van der Waals surface area contributed by atoms with E-state index in [2.05, 4.69) is 203 Å². The van der Waals surface area contributed by atoms with Crippen molar-refractivity contribution in [2.24, 2.45) is 0 Å². The second-order valence-electron chi connectivity index (χ2n) is 15.0. The standard InChI is InChI=1S/C54H34N4/c1-2-15-36(16-3-1)53-44-20-6-9-23-46(44)55-54(56-53)37-28-31-39(32-29-37)57-48-24-10-7-19-42(48)43-33-30-38(34-51(43)57)41-22-13-27-50-52(41)45-21-8-11-25-49(45)58(50)47-26-12-17-35-14-4-5-18-40(35)47/h1-34H. The second-order valence-corrected chi connectivity index (χ2v) is 15.0. The fraction of sp³-hybridized carbons (Fsp3) is 0. The van der Waals surface area contributed by atoms with Crippen LogP contribution in [-0.4, -0.2) is 19.1 Å². The van der Waals surface area contributed by atoms with Crippen LogP contribution in [0, 0.1) is 0 Å². The van der Waals surface area contributed by atoms with Gasteiger partial charge in [-0.3, -0.25) is 0 Å². The maximum atomic E-state index is 5.14. The highest BCUT2D eigenvalue weighted by Gasteiger charge is 2.19. The minimum Gasteiger partial charge on any atom is -0.309 e. The molecule has 0 saturated heterocycles. The lowest BCUT2D eigenvalue weighted by atomic mass is 9.98. The summed E-state index contributed by atoms with van der Waals surface area (Å²) in [5, 5.41) is 8.45. The normalized spacial score (nSPS) is 11.8. The van der Waals surface area contributed by atoms with Gasteiger partial charge in [0.05, 0.1) is 39.0 Å². The van der Waals surface area contributed by atoms with Crippen LogP contribution in [0.5, 0.6) is 0 Å². The highest BCUT2D eigenvalue weighted by Crippen LogP contribution is 2.42. The van der Waals surface area contributed by atoms with E-state index in [1.807, 2.05) is 12.1 Å². The third kappa shape index (κ3) is 4.95. The summed E-state index contributed by atoms with van der Waals surface area (Å²) in [7, 11) is 0. The van der Waals surface area contributed by atoms with Crippen LogP contribution < -0.4 is 0 Å². The molecule has 0 amide bonds. The van der Waals surface area contributed by atoms with Gasteiger partial charge in [-0.15, -0.1) is 0 Å². The lowest BCUT2D eigenvalue weighted by Crippen LogP contribution is -1.97. The Bertz CT molecular complexity index is 3550. The molecule has 0 bridgehead atoms. The average Bonchev–Trinajstić information content (AvgIpc) is 3.81. The van der Waals surface area contributed by atoms with Gasteiger partial charge in [0.2, 0.25) is 0 Å². The van der Waals surface area contributed by atoms with E-state index in [-0.39, 0.29) is 0 Å². The van der Waals surface area contributed by atoms with Gasteiger partial charge in [0.25, 0.3) is 0 Å². The minimum absolute atomic E-state index is 0.712. The van der Waals surface area contributed by atoms with Crippen molar-refractivity contribution in [2.45, 2.75) is 0 Å². The number of para-hydroxylation sites is 3. The van der Waals surface area contributed by atoms with E-state index in [0.717, 1.165) is 38.9 Å². The molecule has 12 aromatic rings. The smallest absolute Gasteiger partial charge is 0.160 e. The largest absolute Gasteiger partial charge is 0.309 e. The number of aromatic nitrogens is 4. The third-order valence-electron chi connectivity index (χ3n) is 11.7. The van der Waals surface area contributed by atoms with Gasteiger partial charge in [0.1, 0.15) is 0 Å². The Hall–Kier alpha value is -7.82. The van der Waals surface area contributed by atoms with Crippen LogP contribution in [0.4, 0.5) is 0 Å². The molecular weight excluding hydrogens is 705 g/mol. The maximum Gasteiger partial charge on any atom is 0.160 e. The molecule has 0 aliphatic rings. The van der Waals surface area contributed by atoms with Gasteiger partial charge in [-0.1, -0.05) is 146 Å². The van der Waals surface area contributed by atoms with E-state index >= 15 is 0 Å². The summed E-state index contributed by atoms with van der Waals surface area (Å²) >= 11 is 0. The van der Waals surface area contributed by atoms with E-state index in [1.54, 1.807) is 0 Å². The first kappa shape index (κ1) is 32.4. The molecule has 0 unspecified atom stereocenters. The molecule has 0 fully saturated rings. The van der Waals surface area contributed by atoms with Crippen LogP contribution in [0.25, 0.3) is 110 Å². The van der Waals surface area contributed by atoms with Crippen molar-refractivity contribution in [1.29, 1.82) is 0 Å². The number of benzene rings is 9. The van der Waals surface area contributed by atoms with Crippen molar-refractivity contribution in [2.75, 3.05) is 0 Å². The van der Waals surface area contributed by atoms with E-state index in [9.17, 15) is 0 Å². The molecule has 9 aromatic carbocycles. The molecule has 0 radical (unpaired) electrons. The first-order valence-electron chi connectivity index (χ1n) is 19.8. The van der Waals surface area contributed by atoms with E-state index in [1.165, 1.54) is 65.7 Å². The van der Waals surface area contributed by atoms with Crippen LogP contribution >= 0.6 is 0 Å². The summed E-state index contributed by atoms with van der Waals surface area (Å²) in [6.45, 7) is 0. The van der Waals surface area contributed by atoms with Gasteiger partial charge in [-0.25, -0.2) is 9.97 Å². The van der Waals surface area contributed by atoms with Crippen molar-refractivity contribution in [3.8, 4) is 45.1 Å². The Labute approximate surface area is 334 Å². The SMILES string of the molecule is c1ccc(-c2nc(-c3ccc(-n4c5ccccc5c5ccc(-c6cccc7c6c6ccccc6n7-c6cccc7ccccc67)cc54)cc3)nc3ccccc23)cc1. The molecule has 0 aliphatic heterocycles. The van der Waals surface area contributed by atoms with Gasteiger partial charge >= 0.3 is 0 Å². The van der Waals surface area contributed by atoms with Gasteiger partial charge in [-0.05, 0) is 77.2 Å². The monoisotopic (exact) mass is 738 g/mol. The summed E-state index contributed by atoms with van der Waals surface area (Å²) in [5.74, 6) is 0.712. The van der Waals surface area contributed by atoms with Gasteiger partial charge < -0.3 is 9.13 Å². The van der Waals surface area contributed by atoms with Gasteiger partial charge in [0, 0.05) is 49.1 Å². The van der Waals surface area contributed by atoms with E-state index < -0.39 is 0 Å². The van der Waals surface area contributed by atoms with E-state index in [0.29, 0.717) is 5.82 Å². The molecule has 0 aliphatic carbocycles. The molecule has 3 aromatic heterocycles. The molecule has 270 valence electrons. The number of nitrogens with zero attached hydrogens (tertiary/aromatic N) is 4. The lowest BCUT2D eigenvalue weighted by Gasteiger charge is -2.13. The van der Waals surface area contributed by atoms with E-state index in [4.69, 9.17) is 9.97 Å². The zero-order chi connectivity index (χ0) is 38.2. The molecule has 0 N–H and O–H groups in total. The van der Waals surface area contributed by atoms with Crippen molar-refractivity contribution in [3.63, 3.8) is 0 Å². The van der Waals surface area contributed by atoms with Gasteiger partial charge in [0.15, 0.2) is 5.82 Å². The summed E-state index contributed by atoms with van der Waals surface area (Å²) in [4.78, 5) is 10.2. The van der Waals surface area contributed by atoms with Crippen molar-refractivity contribution < 1.29 is 0 Å². The molecule has 58 heavy (non-hydrogen) atoms. The Morgan fingerprint density at radius 3 is 1.81 bits per heavy atom. The Morgan fingerprint density at radius 1 is 0.345 bits per heavy atom. The molecular formula is C54H34N4. The van der Waals surface area contributed by atoms with Crippen LogP contribution in [0.15, 0.2) is 206 Å². The Balaban J connectivity index is 1.03. The third-order valence-corrected chi connectivity index (χ3v) is 11.7. The molecule has 4 nitrogen and oxygen atoms in total. The fourth-order valence-corrected chi connectivity index (χ4v) is 9.12. The van der Waals surface area contributed by atoms with Crippen molar-refractivity contribution >= 4 is 65.3 Å². The first-order valence-corrected chi connectivity index (χ1v) is 19.8. The Kier molecular flexibility index (Phi) is 7.20. The molecule has 3 heterocycles. The highest BCUT2D eigenvalue weighted by atomic mass is 15.0. The van der Waals surface area contributed by atoms with Crippen molar-refractivity contribution in [1.82, 2.24) is 19.1 Å². The second kappa shape index (κ2) is 12.9. The fourth-order valence-electron chi connectivity index (χ4n) is 9.12.